The molecular weight excluding hydrogens is 194 g/mol. The Bertz CT molecular complexity index is 411. The second-order valence-electron chi connectivity index (χ2n) is 4.84. The zero-order valence-corrected chi connectivity index (χ0v) is 8.82. The Kier molecular flexibility index (Phi) is 1.51. The van der Waals surface area contributed by atoms with Crippen LogP contribution in [0.3, 0.4) is 0 Å². The molecule has 1 aliphatic heterocycles. The van der Waals surface area contributed by atoms with Crippen LogP contribution in [0.4, 0.5) is 0 Å². The molecule has 3 rings (SSSR count). The standard InChI is InChI=1S/C11H13NO3/c1-10(2)7-11(13-3-4-14-11)5-8-6-12-15-9(8)10/h3-4,6H,5,7H2,1-2H3. The van der Waals surface area contributed by atoms with E-state index in [1.807, 2.05) is 0 Å². The maximum Gasteiger partial charge on any atom is 0.254 e. The molecule has 0 fully saturated rings. The van der Waals surface area contributed by atoms with E-state index < -0.39 is 5.79 Å². The Balaban J connectivity index is 2.04. The summed E-state index contributed by atoms with van der Waals surface area (Å²) in [6.07, 6.45) is 6.43. The summed E-state index contributed by atoms with van der Waals surface area (Å²) in [5.41, 5.74) is 0.978. The van der Waals surface area contributed by atoms with Crippen molar-refractivity contribution in [3.8, 4) is 0 Å². The summed E-state index contributed by atoms with van der Waals surface area (Å²) in [7, 11) is 0. The second-order valence-corrected chi connectivity index (χ2v) is 4.84. The monoisotopic (exact) mass is 207 g/mol. The van der Waals surface area contributed by atoms with Crippen LogP contribution >= 0.6 is 0 Å². The minimum Gasteiger partial charge on any atom is -0.456 e. The molecule has 0 saturated carbocycles. The third kappa shape index (κ3) is 1.17. The van der Waals surface area contributed by atoms with Crippen molar-refractivity contribution in [1.82, 2.24) is 5.16 Å². The van der Waals surface area contributed by atoms with Crippen molar-refractivity contribution in [2.45, 2.75) is 37.9 Å². The van der Waals surface area contributed by atoms with Gasteiger partial charge in [0.2, 0.25) is 0 Å². The van der Waals surface area contributed by atoms with E-state index >= 15 is 0 Å². The van der Waals surface area contributed by atoms with E-state index in [-0.39, 0.29) is 5.41 Å². The molecule has 0 N–H and O–H groups in total. The van der Waals surface area contributed by atoms with Crippen LogP contribution < -0.4 is 0 Å². The molecule has 0 unspecified atom stereocenters. The van der Waals surface area contributed by atoms with Crippen molar-refractivity contribution < 1.29 is 14.0 Å². The van der Waals surface area contributed by atoms with Crippen LogP contribution in [-0.4, -0.2) is 10.9 Å². The molecule has 0 atom stereocenters. The average molecular weight is 207 g/mol. The van der Waals surface area contributed by atoms with Gasteiger partial charge in [-0.3, -0.25) is 0 Å². The fourth-order valence-corrected chi connectivity index (χ4v) is 2.55. The number of fused-ring (bicyclic) bond motifs is 1. The molecule has 4 nitrogen and oxygen atoms in total. The molecule has 0 radical (unpaired) electrons. The van der Waals surface area contributed by atoms with Crippen LogP contribution in [0.1, 0.15) is 31.6 Å². The Hall–Kier alpha value is -1.45. The van der Waals surface area contributed by atoms with Gasteiger partial charge in [-0.2, -0.15) is 0 Å². The Morgan fingerprint density at radius 1 is 1.27 bits per heavy atom. The number of ether oxygens (including phenoxy) is 2. The lowest BCUT2D eigenvalue weighted by molar-refractivity contribution is -0.162. The molecule has 1 aromatic heterocycles. The number of hydrogen-bond acceptors (Lipinski definition) is 4. The first-order valence-corrected chi connectivity index (χ1v) is 5.06. The molecule has 15 heavy (non-hydrogen) atoms. The van der Waals surface area contributed by atoms with Crippen molar-refractivity contribution >= 4 is 0 Å². The van der Waals surface area contributed by atoms with Crippen LogP contribution in [-0.2, 0) is 21.3 Å². The lowest BCUT2D eigenvalue weighted by Gasteiger charge is -2.38. The van der Waals surface area contributed by atoms with Crippen LogP contribution in [0.25, 0.3) is 0 Å². The summed E-state index contributed by atoms with van der Waals surface area (Å²) < 4.78 is 16.4. The summed E-state index contributed by atoms with van der Waals surface area (Å²) in [5, 5.41) is 3.85. The van der Waals surface area contributed by atoms with Gasteiger partial charge in [-0.15, -0.1) is 0 Å². The number of rotatable bonds is 0. The van der Waals surface area contributed by atoms with E-state index in [1.165, 1.54) is 0 Å². The summed E-state index contributed by atoms with van der Waals surface area (Å²) in [4.78, 5) is 0. The van der Waals surface area contributed by atoms with Crippen molar-refractivity contribution in [3.05, 3.63) is 30.0 Å². The highest BCUT2D eigenvalue weighted by Gasteiger charge is 2.49. The van der Waals surface area contributed by atoms with Crippen LogP contribution in [0.15, 0.2) is 23.2 Å². The fourth-order valence-electron chi connectivity index (χ4n) is 2.55. The van der Waals surface area contributed by atoms with Gasteiger partial charge in [-0.05, 0) is 0 Å². The summed E-state index contributed by atoms with van der Waals surface area (Å²) >= 11 is 0. The second kappa shape index (κ2) is 2.56. The molecule has 0 bridgehead atoms. The number of hydrogen-bond donors (Lipinski definition) is 0. The van der Waals surface area contributed by atoms with Gasteiger partial charge in [0.05, 0.1) is 12.6 Å². The lowest BCUT2D eigenvalue weighted by Crippen LogP contribution is -2.43. The molecule has 1 spiro atoms. The summed E-state index contributed by atoms with van der Waals surface area (Å²) in [6.45, 7) is 4.23. The predicted octanol–water partition coefficient (Wildman–Crippen LogP) is 2.11. The van der Waals surface area contributed by atoms with Gasteiger partial charge >= 0.3 is 0 Å². The molecule has 2 heterocycles. The van der Waals surface area contributed by atoms with Crippen LogP contribution in [0, 0.1) is 0 Å². The molecule has 1 aromatic rings. The van der Waals surface area contributed by atoms with E-state index in [1.54, 1.807) is 18.7 Å². The first-order valence-electron chi connectivity index (χ1n) is 5.06. The van der Waals surface area contributed by atoms with E-state index in [2.05, 4.69) is 19.0 Å². The van der Waals surface area contributed by atoms with Gasteiger partial charge in [0.1, 0.15) is 18.3 Å². The first-order chi connectivity index (χ1) is 7.11. The minimum absolute atomic E-state index is 0.101. The predicted molar refractivity (Wildman–Crippen MR) is 51.9 cm³/mol. The molecule has 2 aliphatic rings. The third-order valence-electron chi connectivity index (χ3n) is 3.05. The van der Waals surface area contributed by atoms with Crippen molar-refractivity contribution in [1.29, 1.82) is 0 Å². The molecule has 80 valence electrons. The zero-order valence-electron chi connectivity index (χ0n) is 8.82. The van der Waals surface area contributed by atoms with Crippen LogP contribution in [0.5, 0.6) is 0 Å². The average Bonchev–Trinajstić information content (AvgIpc) is 2.74. The maximum atomic E-state index is 5.57. The van der Waals surface area contributed by atoms with Gasteiger partial charge in [-0.1, -0.05) is 19.0 Å². The molecule has 0 amide bonds. The van der Waals surface area contributed by atoms with Gasteiger partial charge < -0.3 is 14.0 Å². The van der Waals surface area contributed by atoms with E-state index in [0.29, 0.717) is 6.42 Å². The largest absolute Gasteiger partial charge is 0.456 e. The molecular formula is C11H13NO3. The van der Waals surface area contributed by atoms with Gasteiger partial charge in [-0.25, -0.2) is 0 Å². The van der Waals surface area contributed by atoms with Crippen molar-refractivity contribution in [2.24, 2.45) is 0 Å². The number of nitrogens with zero attached hydrogens (tertiary/aromatic N) is 1. The number of aromatic nitrogens is 1. The smallest absolute Gasteiger partial charge is 0.254 e. The highest BCUT2D eigenvalue weighted by Crippen LogP contribution is 2.45. The Morgan fingerprint density at radius 2 is 2.00 bits per heavy atom. The quantitative estimate of drug-likeness (QED) is 0.653. The summed E-state index contributed by atoms with van der Waals surface area (Å²) in [5.74, 6) is 0.412. The fraction of sp³-hybridized carbons (Fsp3) is 0.545. The van der Waals surface area contributed by atoms with E-state index in [4.69, 9.17) is 14.0 Å². The van der Waals surface area contributed by atoms with Crippen molar-refractivity contribution in [3.63, 3.8) is 0 Å². The van der Waals surface area contributed by atoms with Crippen molar-refractivity contribution in [2.75, 3.05) is 0 Å². The Morgan fingerprint density at radius 3 is 2.73 bits per heavy atom. The SMILES string of the molecule is CC1(C)CC2(Cc3cnoc31)OC=CO2. The topological polar surface area (TPSA) is 44.5 Å². The normalized spacial score (nSPS) is 24.7. The molecule has 1 aliphatic carbocycles. The molecule has 0 saturated heterocycles. The third-order valence-corrected chi connectivity index (χ3v) is 3.05. The highest BCUT2D eigenvalue weighted by molar-refractivity contribution is 5.28. The van der Waals surface area contributed by atoms with E-state index in [0.717, 1.165) is 17.7 Å². The van der Waals surface area contributed by atoms with Gasteiger partial charge in [0.15, 0.2) is 0 Å². The molecule has 4 heteroatoms. The lowest BCUT2D eigenvalue weighted by atomic mass is 9.74. The van der Waals surface area contributed by atoms with Crippen LogP contribution in [0.2, 0.25) is 0 Å². The minimum atomic E-state index is -0.540. The summed E-state index contributed by atoms with van der Waals surface area (Å²) in [6, 6.07) is 0. The Labute approximate surface area is 87.8 Å². The zero-order chi connectivity index (χ0) is 10.5. The van der Waals surface area contributed by atoms with E-state index in [9.17, 15) is 0 Å². The van der Waals surface area contributed by atoms with Gasteiger partial charge in [0, 0.05) is 17.4 Å². The van der Waals surface area contributed by atoms with Gasteiger partial charge in [0.25, 0.3) is 5.79 Å². The molecule has 0 aromatic carbocycles. The maximum absolute atomic E-state index is 5.57. The first kappa shape index (κ1) is 8.83. The highest BCUT2D eigenvalue weighted by atomic mass is 16.7.